The third-order valence-corrected chi connectivity index (χ3v) is 7.34. The minimum absolute atomic E-state index is 0.131. The van der Waals surface area contributed by atoms with E-state index in [0.717, 1.165) is 30.7 Å². The van der Waals surface area contributed by atoms with Crippen molar-refractivity contribution in [2.45, 2.75) is 17.7 Å². The van der Waals surface area contributed by atoms with Crippen molar-refractivity contribution in [1.82, 2.24) is 24.4 Å². The second kappa shape index (κ2) is 10.7. The molecule has 0 radical (unpaired) electrons. The van der Waals surface area contributed by atoms with Gasteiger partial charge in [-0.2, -0.15) is 9.78 Å². The van der Waals surface area contributed by atoms with Crippen molar-refractivity contribution in [1.29, 1.82) is 0 Å². The molecule has 1 aliphatic heterocycles. The summed E-state index contributed by atoms with van der Waals surface area (Å²) in [5.74, 6) is -1.37. The van der Waals surface area contributed by atoms with Crippen LogP contribution in [0.2, 0.25) is 10.0 Å². The predicted octanol–water partition coefficient (Wildman–Crippen LogP) is 2.17. The van der Waals surface area contributed by atoms with E-state index in [0.29, 0.717) is 17.8 Å². The van der Waals surface area contributed by atoms with E-state index < -0.39 is 56.5 Å². The van der Waals surface area contributed by atoms with Crippen LogP contribution in [0.5, 0.6) is 17.2 Å². The van der Waals surface area contributed by atoms with Gasteiger partial charge < -0.3 is 14.7 Å². The summed E-state index contributed by atoms with van der Waals surface area (Å²) in [4.78, 5) is 38.2. The zero-order valence-electron chi connectivity index (χ0n) is 19.0. The van der Waals surface area contributed by atoms with Crippen LogP contribution < -0.4 is 20.7 Å². The van der Waals surface area contributed by atoms with Crippen LogP contribution in [0.1, 0.15) is 18.5 Å². The summed E-state index contributed by atoms with van der Waals surface area (Å²) >= 11 is 12.4. The summed E-state index contributed by atoms with van der Waals surface area (Å²) in [5, 5.41) is 13.0. The number of nitrogens with one attached hydrogen (secondary N) is 2. The van der Waals surface area contributed by atoms with Crippen LogP contribution in [-0.4, -0.2) is 58.7 Å². The molecule has 17 heteroatoms. The first-order valence-electron chi connectivity index (χ1n) is 10.7. The Balaban J connectivity index is 1.61. The lowest BCUT2D eigenvalue weighted by Crippen LogP contribution is -2.47. The summed E-state index contributed by atoms with van der Waals surface area (Å²) in [6.45, 7) is 0.572. The molecule has 12 nitrogen and oxygen atoms in total. The van der Waals surface area contributed by atoms with Gasteiger partial charge in [0.15, 0.2) is 11.4 Å². The summed E-state index contributed by atoms with van der Waals surface area (Å²) in [6, 6.07) is 5.39. The number of H-pyrrole nitrogens is 1. The highest BCUT2D eigenvalue weighted by molar-refractivity contribution is 7.89. The van der Waals surface area contributed by atoms with Gasteiger partial charge in [-0.05, 0) is 30.7 Å². The number of hydrogen-bond donors (Lipinski definition) is 3. The molecular weight excluding hydrogens is 575 g/mol. The van der Waals surface area contributed by atoms with Crippen molar-refractivity contribution in [2.75, 3.05) is 19.6 Å². The van der Waals surface area contributed by atoms with Crippen LogP contribution in [0.15, 0.2) is 44.8 Å². The maximum Gasteiger partial charge on any atom is 0.349 e. The van der Waals surface area contributed by atoms with E-state index in [1.165, 1.54) is 11.0 Å². The Morgan fingerprint density at radius 3 is 2.42 bits per heavy atom. The molecule has 1 amide bonds. The van der Waals surface area contributed by atoms with E-state index >= 15 is 0 Å². The Morgan fingerprint density at radius 1 is 1.18 bits per heavy atom. The molecule has 2 heterocycles. The third kappa shape index (κ3) is 5.65. The van der Waals surface area contributed by atoms with Gasteiger partial charge in [0.05, 0.1) is 22.3 Å². The maximum atomic E-state index is 13.1. The Labute approximate surface area is 222 Å². The number of benzene rings is 2. The number of carbonyl (C=O) groups excluding carboxylic acids is 1. The van der Waals surface area contributed by atoms with Crippen molar-refractivity contribution in [3.05, 3.63) is 66.9 Å². The molecule has 1 fully saturated rings. The molecule has 1 saturated heterocycles. The zero-order valence-corrected chi connectivity index (χ0v) is 21.3. The first kappa shape index (κ1) is 27.5. The monoisotopic (exact) mass is 591 g/mol. The van der Waals surface area contributed by atoms with E-state index in [2.05, 4.69) is 9.82 Å². The highest BCUT2D eigenvalue weighted by Gasteiger charge is 2.25. The number of nitrogens with zero attached hydrogens (tertiary/aromatic N) is 3. The van der Waals surface area contributed by atoms with Gasteiger partial charge in [-0.25, -0.2) is 26.7 Å². The highest BCUT2D eigenvalue weighted by atomic mass is 35.5. The van der Waals surface area contributed by atoms with Gasteiger partial charge in [-0.1, -0.05) is 23.2 Å². The van der Waals surface area contributed by atoms with Crippen molar-refractivity contribution < 1.29 is 31.8 Å². The molecule has 3 N–H and O–H groups in total. The number of hydrogen-bond acceptors (Lipinski definition) is 8. The maximum absolute atomic E-state index is 13.1. The predicted molar refractivity (Wildman–Crippen MR) is 130 cm³/mol. The number of halogens is 4. The molecule has 0 aliphatic carbocycles. The topological polar surface area (TPSA) is 164 Å². The third-order valence-electron chi connectivity index (χ3n) is 5.35. The highest BCUT2D eigenvalue weighted by Crippen LogP contribution is 2.39. The van der Waals surface area contributed by atoms with Crippen LogP contribution >= 0.6 is 23.2 Å². The van der Waals surface area contributed by atoms with Crippen molar-refractivity contribution >= 4 is 39.1 Å². The van der Waals surface area contributed by atoms with Crippen LogP contribution in [0.3, 0.4) is 0 Å². The number of rotatable bonds is 8. The lowest BCUT2D eigenvalue weighted by molar-refractivity contribution is -0.133. The molecule has 1 aliphatic rings. The van der Waals surface area contributed by atoms with E-state index in [9.17, 15) is 36.7 Å². The van der Waals surface area contributed by atoms with Crippen molar-refractivity contribution in [2.24, 2.45) is 0 Å². The Morgan fingerprint density at radius 2 is 1.84 bits per heavy atom. The summed E-state index contributed by atoms with van der Waals surface area (Å²) in [6.07, 6.45) is -2.43. The number of aromatic nitrogens is 3. The fourth-order valence-corrected chi connectivity index (χ4v) is 4.94. The zero-order chi connectivity index (χ0) is 27.8. The number of phenolic OH excluding ortho intramolecular Hbond substituents is 1. The number of likely N-dealkylation sites (tertiary alicyclic amines) is 1. The number of aromatic hydroxyl groups is 1. The van der Waals surface area contributed by atoms with Gasteiger partial charge >= 0.3 is 5.69 Å². The van der Waals surface area contributed by atoms with Crippen molar-refractivity contribution in [3.8, 4) is 22.9 Å². The molecule has 0 bridgehead atoms. The number of sulfonamides is 1. The molecule has 1 aromatic heterocycles. The first-order valence-corrected chi connectivity index (χ1v) is 12.9. The summed E-state index contributed by atoms with van der Waals surface area (Å²) in [7, 11) is -4.33. The normalized spacial score (nSPS) is 13.4. The molecule has 202 valence electrons. The first-order chi connectivity index (χ1) is 17.9. The number of phenols is 1. The number of alkyl halides is 2. The fourth-order valence-electron chi connectivity index (χ4n) is 3.30. The standard InChI is InChI=1S/C21H17Cl2F2N5O7S/c22-12-6-10(30-21(34)27-20(33)17(28-30)19(24)25)7-13(23)18(12)37-11-2-3-14(31)15(8-11)38(35,36)26-9-16(32)29-4-1-5-29/h2-3,6-8,19,26,31H,1,4-5,9H2,(H,27,33,34). The quantitative estimate of drug-likeness (QED) is 0.358. The van der Waals surface area contributed by atoms with Gasteiger partial charge in [-0.3, -0.25) is 14.6 Å². The Hall–Kier alpha value is -3.53. The van der Waals surface area contributed by atoms with Gasteiger partial charge in [0.2, 0.25) is 15.9 Å². The van der Waals surface area contributed by atoms with Gasteiger partial charge in [-0.15, -0.1) is 0 Å². The van der Waals surface area contributed by atoms with Crippen LogP contribution in [0, 0.1) is 0 Å². The van der Waals surface area contributed by atoms with Crippen LogP contribution in [0.4, 0.5) is 8.78 Å². The largest absolute Gasteiger partial charge is 0.507 e. The molecule has 4 rings (SSSR count). The summed E-state index contributed by atoms with van der Waals surface area (Å²) < 4.78 is 59.7. The second-order valence-electron chi connectivity index (χ2n) is 7.89. The number of carbonyl (C=O) groups is 1. The number of aromatic amines is 1. The summed E-state index contributed by atoms with van der Waals surface area (Å²) in [5.41, 5.74) is -3.86. The van der Waals surface area contributed by atoms with Gasteiger partial charge in [0.1, 0.15) is 16.4 Å². The van der Waals surface area contributed by atoms with E-state index in [4.69, 9.17) is 27.9 Å². The van der Waals surface area contributed by atoms with Gasteiger partial charge in [0, 0.05) is 19.2 Å². The minimum atomic E-state index is -4.33. The molecule has 3 aromatic rings. The lowest BCUT2D eigenvalue weighted by atomic mass is 10.2. The second-order valence-corrected chi connectivity index (χ2v) is 10.4. The van der Waals surface area contributed by atoms with Crippen LogP contribution in [0.25, 0.3) is 5.69 Å². The average Bonchev–Trinajstić information content (AvgIpc) is 2.79. The van der Waals surface area contributed by atoms with Crippen molar-refractivity contribution in [3.63, 3.8) is 0 Å². The van der Waals surface area contributed by atoms with E-state index in [1.54, 1.807) is 4.98 Å². The minimum Gasteiger partial charge on any atom is -0.507 e. The fraction of sp³-hybridized carbons (Fsp3) is 0.238. The molecule has 0 unspecified atom stereocenters. The smallest absolute Gasteiger partial charge is 0.349 e. The molecule has 0 saturated carbocycles. The van der Waals surface area contributed by atoms with E-state index in [1.807, 2.05) is 0 Å². The Bertz CT molecular complexity index is 1620. The number of ether oxygens (including phenoxy) is 1. The van der Waals surface area contributed by atoms with E-state index in [-0.39, 0.29) is 27.2 Å². The molecule has 0 atom stereocenters. The lowest BCUT2D eigenvalue weighted by Gasteiger charge is -2.30. The molecular formula is C21H17Cl2F2N5O7S. The molecule has 0 spiro atoms. The Kier molecular flexibility index (Phi) is 7.73. The molecule has 38 heavy (non-hydrogen) atoms. The average molecular weight is 592 g/mol. The van der Waals surface area contributed by atoms with Crippen LogP contribution in [-0.2, 0) is 14.8 Å². The SMILES string of the molecule is O=C(CNS(=O)(=O)c1cc(Oc2c(Cl)cc(-n3nc(C(F)F)c(=O)[nH]c3=O)cc2Cl)ccc1O)N1CCC1. The van der Waals surface area contributed by atoms with Gasteiger partial charge in [0.25, 0.3) is 12.0 Å². The molecule has 2 aromatic carbocycles. The number of amides is 1.